The third-order valence-electron chi connectivity index (χ3n) is 5.18. The number of benzene rings is 4. The van der Waals surface area contributed by atoms with E-state index in [9.17, 15) is 9.65 Å². The van der Waals surface area contributed by atoms with E-state index in [0.717, 1.165) is 16.3 Å². The van der Waals surface area contributed by atoms with E-state index in [2.05, 4.69) is 40.2 Å². The van der Waals surface area contributed by atoms with Crippen LogP contribution < -0.4 is 9.47 Å². The number of hydrogen-bond donors (Lipinski definition) is 0. The lowest BCUT2D eigenvalue weighted by atomic mass is 10.0. The molecule has 0 aliphatic heterocycles. The van der Waals surface area contributed by atoms with Crippen LogP contribution in [0.5, 0.6) is 11.5 Å². The average molecular weight is 502 g/mol. The zero-order valence-electron chi connectivity index (χ0n) is 18.0. The molecule has 3 nitrogen and oxygen atoms in total. The molecule has 0 N–H and O–H groups in total. The van der Waals surface area contributed by atoms with Gasteiger partial charge in [-0.3, -0.25) is 0 Å². The SMILES string of the molecule is CCOc1cc(/C=C(/C#N)c2ccccc2F)cc(Br)c1OCc1cccc2ccccc12. The van der Waals surface area contributed by atoms with Crippen molar-refractivity contribution in [2.75, 3.05) is 6.61 Å². The normalized spacial score (nSPS) is 11.3. The van der Waals surface area contributed by atoms with Gasteiger partial charge in [0.1, 0.15) is 12.4 Å². The molecule has 0 amide bonds. The molecule has 0 saturated heterocycles. The van der Waals surface area contributed by atoms with Crippen LogP contribution in [0.1, 0.15) is 23.6 Å². The molecule has 0 unspecified atom stereocenters. The van der Waals surface area contributed by atoms with Gasteiger partial charge in [-0.1, -0.05) is 60.7 Å². The summed E-state index contributed by atoms with van der Waals surface area (Å²) in [6.07, 6.45) is 1.64. The smallest absolute Gasteiger partial charge is 0.175 e. The Hall–Kier alpha value is -3.62. The van der Waals surface area contributed by atoms with Crippen LogP contribution in [0.2, 0.25) is 0 Å². The maximum atomic E-state index is 14.2. The van der Waals surface area contributed by atoms with Gasteiger partial charge in [0.15, 0.2) is 11.5 Å². The second kappa shape index (κ2) is 10.3. The summed E-state index contributed by atoms with van der Waals surface area (Å²) in [6, 6.07) is 26.3. The van der Waals surface area contributed by atoms with E-state index in [1.807, 2.05) is 37.3 Å². The Morgan fingerprint density at radius 2 is 1.76 bits per heavy atom. The summed E-state index contributed by atoms with van der Waals surface area (Å²) < 4.78 is 26.9. The number of nitriles is 1. The maximum absolute atomic E-state index is 14.2. The largest absolute Gasteiger partial charge is 0.490 e. The standard InChI is InChI=1S/C28H21BrFNO2/c1-2-32-27-16-19(14-22(17-31)24-12-5-6-13-26(24)30)15-25(29)28(27)33-18-21-10-7-9-20-8-3-4-11-23(20)21/h3-16H,2,18H2,1H3/b22-14-. The number of halogens is 2. The first kappa shape index (κ1) is 22.6. The van der Waals surface area contributed by atoms with Crippen molar-refractivity contribution in [2.24, 2.45) is 0 Å². The van der Waals surface area contributed by atoms with Crippen molar-refractivity contribution in [2.45, 2.75) is 13.5 Å². The van der Waals surface area contributed by atoms with Crippen LogP contribution in [0.4, 0.5) is 4.39 Å². The molecule has 0 heterocycles. The molecule has 0 spiro atoms. The van der Waals surface area contributed by atoms with Gasteiger partial charge in [0.25, 0.3) is 0 Å². The van der Waals surface area contributed by atoms with Crippen molar-refractivity contribution >= 4 is 38.4 Å². The Morgan fingerprint density at radius 3 is 2.55 bits per heavy atom. The molecule has 5 heteroatoms. The number of hydrogen-bond acceptors (Lipinski definition) is 3. The third-order valence-corrected chi connectivity index (χ3v) is 5.77. The number of ether oxygens (including phenoxy) is 2. The molecular formula is C28H21BrFNO2. The van der Waals surface area contributed by atoms with Gasteiger partial charge < -0.3 is 9.47 Å². The van der Waals surface area contributed by atoms with Gasteiger partial charge in [-0.2, -0.15) is 5.26 Å². The number of allylic oxidation sites excluding steroid dienone is 1. The summed E-state index contributed by atoms with van der Waals surface area (Å²) in [5.41, 5.74) is 2.25. The van der Waals surface area contributed by atoms with E-state index < -0.39 is 5.82 Å². The molecule has 0 aliphatic carbocycles. The lowest BCUT2D eigenvalue weighted by Crippen LogP contribution is -2.01. The molecule has 0 radical (unpaired) electrons. The van der Waals surface area contributed by atoms with Crippen LogP contribution in [-0.2, 0) is 6.61 Å². The number of nitrogens with zero attached hydrogens (tertiary/aromatic N) is 1. The summed E-state index contributed by atoms with van der Waals surface area (Å²) in [5.74, 6) is 0.681. The monoisotopic (exact) mass is 501 g/mol. The van der Waals surface area contributed by atoms with Crippen molar-refractivity contribution in [3.8, 4) is 17.6 Å². The molecule has 164 valence electrons. The fourth-order valence-corrected chi connectivity index (χ4v) is 4.23. The van der Waals surface area contributed by atoms with Gasteiger partial charge in [-0.05, 0) is 69.0 Å². The number of rotatable bonds is 7. The average Bonchev–Trinajstić information content (AvgIpc) is 2.83. The van der Waals surface area contributed by atoms with E-state index in [1.165, 1.54) is 6.07 Å². The minimum atomic E-state index is -0.440. The summed E-state index contributed by atoms with van der Waals surface area (Å²) in [4.78, 5) is 0. The lowest BCUT2D eigenvalue weighted by molar-refractivity contribution is 0.268. The lowest BCUT2D eigenvalue weighted by Gasteiger charge is -2.16. The van der Waals surface area contributed by atoms with Crippen LogP contribution >= 0.6 is 15.9 Å². The summed E-state index contributed by atoms with van der Waals surface area (Å²) in [7, 11) is 0. The first-order valence-electron chi connectivity index (χ1n) is 10.5. The van der Waals surface area contributed by atoms with Crippen molar-refractivity contribution < 1.29 is 13.9 Å². The Balaban J connectivity index is 1.67. The predicted octanol–water partition coefficient (Wildman–Crippen LogP) is 7.78. The molecule has 33 heavy (non-hydrogen) atoms. The van der Waals surface area contributed by atoms with Gasteiger partial charge in [0, 0.05) is 5.56 Å². The first-order chi connectivity index (χ1) is 16.1. The molecule has 4 rings (SSSR count). The van der Waals surface area contributed by atoms with Crippen LogP contribution in [0.15, 0.2) is 83.3 Å². The van der Waals surface area contributed by atoms with Crippen molar-refractivity contribution in [1.29, 1.82) is 5.26 Å². The highest BCUT2D eigenvalue weighted by Crippen LogP contribution is 2.39. The zero-order chi connectivity index (χ0) is 23.2. The molecule has 4 aromatic rings. The van der Waals surface area contributed by atoms with Crippen LogP contribution in [0.25, 0.3) is 22.4 Å². The molecular weight excluding hydrogens is 481 g/mol. The minimum Gasteiger partial charge on any atom is -0.490 e. The van der Waals surface area contributed by atoms with E-state index in [4.69, 9.17) is 9.47 Å². The van der Waals surface area contributed by atoms with Crippen molar-refractivity contribution in [3.63, 3.8) is 0 Å². The third kappa shape index (κ3) is 5.08. The van der Waals surface area contributed by atoms with Crippen molar-refractivity contribution in [1.82, 2.24) is 0 Å². The summed E-state index contributed by atoms with van der Waals surface area (Å²) in [5, 5.41) is 11.9. The van der Waals surface area contributed by atoms with Gasteiger partial charge in [0.05, 0.1) is 22.7 Å². The van der Waals surface area contributed by atoms with Gasteiger partial charge in [-0.25, -0.2) is 4.39 Å². The number of fused-ring (bicyclic) bond motifs is 1. The molecule has 4 aromatic carbocycles. The van der Waals surface area contributed by atoms with Gasteiger partial charge in [-0.15, -0.1) is 0 Å². The highest BCUT2D eigenvalue weighted by Gasteiger charge is 2.14. The highest BCUT2D eigenvalue weighted by molar-refractivity contribution is 9.10. The Kier molecular flexibility index (Phi) is 7.07. The van der Waals surface area contributed by atoms with Gasteiger partial charge >= 0.3 is 0 Å². The fraction of sp³-hybridized carbons (Fsp3) is 0.107. The molecule has 0 fully saturated rings. The summed E-state index contributed by atoms with van der Waals surface area (Å²) in [6.45, 7) is 2.71. The maximum Gasteiger partial charge on any atom is 0.175 e. The fourth-order valence-electron chi connectivity index (χ4n) is 3.66. The molecule has 0 saturated carbocycles. The quantitative estimate of drug-likeness (QED) is 0.191. The van der Waals surface area contributed by atoms with Gasteiger partial charge in [0.2, 0.25) is 0 Å². The van der Waals surface area contributed by atoms with Crippen LogP contribution in [0.3, 0.4) is 0 Å². The van der Waals surface area contributed by atoms with E-state index in [-0.39, 0.29) is 11.1 Å². The molecule has 0 bridgehead atoms. The zero-order valence-corrected chi connectivity index (χ0v) is 19.6. The Bertz CT molecular complexity index is 1370. The second-order valence-electron chi connectivity index (χ2n) is 7.34. The predicted molar refractivity (Wildman–Crippen MR) is 133 cm³/mol. The van der Waals surface area contributed by atoms with E-state index in [0.29, 0.717) is 34.7 Å². The highest BCUT2D eigenvalue weighted by atomic mass is 79.9. The Morgan fingerprint density at radius 1 is 1.00 bits per heavy atom. The molecule has 0 aliphatic rings. The van der Waals surface area contributed by atoms with E-state index >= 15 is 0 Å². The van der Waals surface area contributed by atoms with E-state index in [1.54, 1.807) is 30.3 Å². The topological polar surface area (TPSA) is 42.2 Å². The van der Waals surface area contributed by atoms with Crippen LogP contribution in [-0.4, -0.2) is 6.61 Å². The van der Waals surface area contributed by atoms with Crippen LogP contribution in [0, 0.1) is 17.1 Å². The minimum absolute atomic E-state index is 0.229. The van der Waals surface area contributed by atoms with Crippen molar-refractivity contribution in [3.05, 3.63) is 106 Å². The molecule has 0 aromatic heterocycles. The Labute approximate surface area is 200 Å². The first-order valence-corrected chi connectivity index (χ1v) is 11.3. The summed E-state index contributed by atoms with van der Waals surface area (Å²) >= 11 is 3.58. The molecule has 0 atom stereocenters. The second-order valence-corrected chi connectivity index (χ2v) is 8.19.